The van der Waals surface area contributed by atoms with Gasteiger partial charge in [0.2, 0.25) is 5.91 Å². The molecule has 0 saturated carbocycles. The monoisotopic (exact) mass is 388 g/mol. The summed E-state index contributed by atoms with van der Waals surface area (Å²) in [6, 6.07) is 24.4. The van der Waals surface area contributed by atoms with E-state index in [0.29, 0.717) is 0 Å². The zero-order valence-corrected chi connectivity index (χ0v) is 15.9. The van der Waals surface area contributed by atoms with Gasteiger partial charge < -0.3 is 10.6 Å². The number of nitrogens with one attached hydrogen (secondary N) is 2. The van der Waals surface area contributed by atoms with Gasteiger partial charge in [0.25, 0.3) is 0 Å². The molecule has 1 fully saturated rings. The van der Waals surface area contributed by atoms with E-state index in [2.05, 4.69) is 34.9 Å². The average Bonchev–Trinajstić information content (AvgIpc) is 3.13. The molecular weight excluding hydrogens is 367 g/mol. The molecule has 0 unspecified atom stereocenters. The largest absolute Gasteiger partial charge is 0.325 e. The van der Waals surface area contributed by atoms with Crippen LogP contribution in [0.1, 0.15) is 11.5 Å². The van der Waals surface area contributed by atoms with E-state index in [-0.39, 0.29) is 42.6 Å². The molecule has 4 rings (SSSR count). The third-order valence-electron chi connectivity index (χ3n) is 4.83. The van der Waals surface area contributed by atoms with Crippen LogP contribution in [0.15, 0.2) is 72.8 Å². The molecule has 5 heteroatoms. The first-order valence-electron chi connectivity index (χ1n) is 8.37. The molecule has 2 atom stereocenters. The lowest BCUT2D eigenvalue weighted by Gasteiger charge is -2.19. The minimum atomic E-state index is -0.0497. The Morgan fingerprint density at radius 2 is 1.54 bits per heavy atom. The van der Waals surface area contributed by atoms with Crippen LogP contribution < -0.4 is 10.6 Å². The van der Waals surface area contributed by atoms with Crippen molar-refractivity contribution in [3.05, 3.63) is 78.4 Å². The highest BCUT2D eigenvalue weighted by Gasteiger charge is 2.33. The molecule has 1 amide bonds. The fraction of sp³-hybridized carbons (Fsp3) is 0.190. The fourth-order valence-electron chi connectivity index (χ4n) is 3.56. The van der Waals surface area contributed by atoms with Crippen LogP contribution in [0.4, 0.5) is 5.69 Å². The summed E-state index contributed by atoms with van der Waals surface area (Å²) in [6.45, 7) is 1.56. The quantitative estimate of drug-likeness (QED) is 0.686. The first-order chi connectivity index (χ1) is 11.8. The summed E-state index contributed by atoms with van der Waals surface area (Å²) >= 11 is 0. The smallest absolute Gasteiger partial charge is 0.229 e. The number of anilines is 1. The van der Waals surface area contributed by atoms with Crippen molar-refractivity contribution < 1.29 is 4.79 Å². The van der Waals surface area contributed by atoms with E-state index in [0.717, 1.165) is 29.5 Å². The van der Waals surface area contributed by atoms with Crippen molar-refractivity contribution in [3.63, 3.8) is 0 Å². The van der Waals surface area contributed by atoms with Crippen LogP contribution in [0.25, 0.3) is 10.8 Å². The van der Waals surface area contributed by atoms with Crippen LogP contribution in [-0.2, 0) is 4.79 Å². The summed E-state index contributed by atoms with van der Waals surface area (Å²) in [7, 11) is 0. The van der Waals surface area contributed by atoms with Gasteiger partial charge in [0, 0.05) is 30.1 Å². The molecule has 0 bridgehead atoms. The van der Waals surface area contributed by atoms with Crippen molar-refractivity contribution in [2.75, 3.05) is 18.4 Å². The first-order valence-corrected chi connectivity index (χ1v) is 8.37. The number of amides is 1. The van der Waals surface area contributed by atoms with Gasteiger partial charge in [-0.3, -0.25) is 4.79 Å². The molecule has 0 aromatic heterocycles. The first kappa shape index (κ1) is 20.2. The van der Waals surface area contributed by atoms with Crippen LogP contribution in [-0.4, -0.2) is 19.0 Å². The zero-order chi connectivity index (χ0) is 16.4. The molecule has 136 valence electrons. The summed E-state index contributed by atoms with van der Waals surface area (Å²) in [5.74, 6) is 0.262. The second-order valence-corrected chi connectivity index (χ2v) is 6.30. The van der Waals surface area contributed by atoms with Gasteiger partial charge in [0.1, 0.15) is 0 Å². The molecule has 2 N–H and O–H groups in total. The van der Waals surface area contributed by atoms with E-state index in [1.165, 1.54) is 5.56 Å². The lowest BCUT2D eigenvalue weighted by Crippen LogP contribution is -2.28. The number of hydrogen-bond acceptors (Lipinski definition) is 2. The fourth-order valence-corrected chi connectivity index (χ4v) is 3.56. The van der Waals surface area contributed by atoms with Gasteiger partial charge in [-0.05, 0) is 17.0 Å². The minimum Gasteiger partial charge on any atom is -0.325 e. The van der Waals surface area contributed by atoms with Gasteiger partial charge in [-0.15, -0.1) is 24.8 Å². The summed E-state index contributed by atoms with van der Waals surface area (Å²) in [5, 5.41) is 8.73. The normalized spacial score (nSPS) is 18.6. The maximum Gasteiger partial charge on any atom is 0.229 e. The van der Waals surface area contributed by atoms with Crippen LogP contribution in [0.5, 0.6) is 0 Å². The Labute approximate surface area is 166 Å². The number of halogens is 2. The molecule has 3 aromatic carbocycles. The Balaban J connectivity index is 0.00000121. The number of carbonyl (C=O) groups is 1. The van der Waals surface area contributed by atoms with Crippen molar-refractivity contribution >= 4 is 47.2 Å². The van der Waals surface area contributed by atoms with Crippen LogP contribution >= 0.6 is 24.8 Å². The summed E-state index contributed by atoms with van der Waals surface area (Å²) < 4.78 is 0. The highest BCUT2D eigenvalue weighted by molar-refractivity contribution is 6.03. The lowest BCUT2D eigenvalue weighted by atomic mass is 9.88. The van der Waals surface area contributed by atoms with Crippen molar-refractivity contribution in [1.82, 2.24) is 5.32 Å². The molecule has 1 aliphatic rings. The highest BCUT2D eigenvalue weighted by Crippen LogP contribution is 2.30. The zero-order valence-electron chi connectivity index (χ0n) is 14.2. The highest BCUT2D eigenvalue weighted by atomic mass is 35.5. The van der Waals surface area contributed by atoms with E-state index in [4.69, 9.17) is 0 Å². The summed E-state index contributed by atoms with van der Waals surface area (Å²) in [6.07, 6.45) is 0. The Morgan fingerprint density at radius 1 is 0.846 bits per heavy atom. The van der Waals surface area contributed by atoms with Gasteiger partial charge in [0.05, 0.1) is 5.92 Å². The second-order valence-electron chi connectivity index (χ2n) is 6.30. The maximum absolute atomic E-state index is 12.9. The Hall–Kier alpha value is -2.07. The Kier molecular flexibility index (Phi) is 7.04. The van der Waals surface area contributed by atoms with Gasteiger partial charge >= 0.3 is 0 Å². The van der Waals surface area contributed by atoms with Crippen LogP contribution in [0.3, 0.4) is 0 Å². The summed E-state index contributed by atoms with van der Waals surface area (Å²) in [5.41, 5.74) is 2.11. The van der Waals surface area contributed by atoms with E-state index in [9.17, 15) is 4.79 Å². The van der Waals surface area contributed by atoms with Crippen molar-refractivity contribution in [3.8, 4) is 0 Å². The van der Waals surface area contributed by atoms with E-state index in [1.807, 2.05) is 48.5 Å². The van der Waals surface area contributed by atoms with E-state index in [1.54, 1.807) is 0 Å². The third-order valence-corrected chi connectivity index (χ3v) is 4.83. The molecule has 3 nitrogen and oxygen atoms in total. The molecule has 0 aliphatic carbocycles. The van der Waals surface area contributed by atoms with Crippen LogP contribution in [0.2, 0.25) is 0 Å². The third kappa shape index (κ3) is 4.01. The molecule has 3 aromatic rings. The Bertz CT molecular complexity index is 865. The molecule has 0 spiro atoms. The Morgan fingerprint density at radius 3 is 2.35 bits per heavy atom. The molecule has 26 heavy (non-hydrogen) atoms. The molecular formula is C21H22Cl2N2O. The van der Waals surface area contributed by atoms with Gasteiger partial charge in [-0.2, -0.15) is 0 Å². The molecule has 0 radical (unpaired) electrons. The molecule has 1 aliphatic heterocycles. The van der Waals surface area contributed by atoms with E-state index < -0.39 is 0 Å². The van der Waals surface area contributed by atoms with Crippen molar-refractivity contribution in [2.24, 2.45) is 5.92 Å². The van der Waals surface area contributed by atoms with Gasteiger partial charge in [-0.25, -0.2) is 0 Å². The topological polar surface area (TPSA) is 41.1 Å². The van der Waals surface area contributed by atoms with Crippen molar-refractivity contribution in [1.29, 1.82) is 0 Å². The van der Waals surface area contributed by atoms with E-state index >= 15 is 0 Å². The number of benzene rings is 3. The van der Waals surface area contributed by atoms with Gasteiger partial charge in [0.15, 0.2) is 0 Å². The average molecular weight is 389 g/mol. The number of hydrogen-bond donors (Lipinski definition) is 2. The predicted octanol–water partition coefficient (Wildman–Crippen LogP) is 4.63. The maximum atomic E-state index is 12.9. The number of rotatable bonds is 3. The lowest BCUT2D eigenvalue weighted by molar-refractivity contribution is -0.119. The minimum absolute atomic E-state index is 0. The summed E-state index contributed by atoms with van der Waals surface area (Å²) in [4.78, 5) is 12.9. The predicted molar refractivity (Wildman–Crippen MR) is 113 cm³/mol. The van der Waals surface area contributed by atoms with Crippen molar-refractivity contribution in [2.45, 2.75) is 5.92 Å². The SMILES string of the molecule is Cl.Cl.O=C(Nc1cccc2ccccc12)[C@H]1CNC[C@@H]1c1ccccc1. The molecule has 1 heterocycles. The van der Waals surface area contributed by atoms with Crippen LogP contribution in [0, 0.1) is 5.92 Å². The number of carbonyl (C=O) groups excluding carboxylic acids is 1. The standard InChI is InChI=1S/C21H20N2O.2ClH/c24-21(19-14-22-13-18(19)16-7-2-1-3-8-16)23-20-12-6-10-15-9-4-5-11-17(15)20;;/h1-12,18-19,22H,13-14H2,(H,23,24);2*1H/t18-,19+;;/m1../s1. The second kappa shape index (κ2) is 9.04. The number of fused-ring (bicyclic) bond motifs is 1. The van der Waals surface area contributed by atoms with Gasteiger partial charge in [-0.1, -0.05) is 66.7 Å². The molecule has 1 saturated heterocycles.